The van der Waals surface area contributed by atoms with Crippen molar-refractivity contribution in [2.45, 2.75) is 6.92 Å². The van der Waals surface area contributed by atoms with Gasteiger partial charge in [-0.2, -0.15) is 0 Å². The first-order valence-electron chi connectivity index (χ1n) is 8.89. The van der Waals surface area contributed by atoms with Crippen LogP contribution in [0.5, 0.6) is 5.75 Å². The van der Waals surface area contributed by atoms with E-state index < -0.39 is 0 Å². The fourth-order valence-electron chi connectivity index (χ4n) is 3.26. The summed E-state index contributed by atoms with van der Waals surface area (Å²) >= 11 is 0. The van der Waals surface area contributed by atoms with Gasteiger partial charge in [-0.3, -0.25) is 4.79 Å². The van der Waals surface area contributed by atoms with E-state index in [9.17, 15) is 4.79 Å². The number of furan rings is 1. The molecule has 4 rings (SSSR count). The molecule has 26 heavy (non-hydrogen) atoms. The van der Waals surface area contributed by atoms with Crippen LogP contribution >= 0.6 is 0 Å². The lowest BCUT2D eigenvalue weighted by Crippen LogP contribution is -2.40. The lowest BCUT2D eigenvalue weighted by Gasteiger charge is -2.26. The number of carbonyl (C=O) groups is 1. The zero-order valence-electron chi connectivity index (χ0n) is 14.7. The third-order valence-corrected chi connectivity index (χ3v) is 4.52. The summed E-state index contributed by atoms with van der Waals surface area (Å²) in [6.07, 6.45) is 0. The Morgan fingerprint density at radius 3 is 2.62 bits per heavy atom. The SMILES string of the molecule is CCOc1ccc2oc(-c3ccccc3)c(C(=O)N3CCOCC3)c2c1. The highest BCUT2D eigenvalue weighted by molar-refractivity contribution is 6.11. The average molecular weight is 351 g/mol. The van der Waals surface area contributed by atoms with Crippen LogP contribution in [0.4, 0.5) is 0 Å². The van der Waals surface area contributed by atoms with Gasteiger partial charge >= 0.3 is 0 Å². The van der Waals surface area contributed by atoms with Gasteiger partial charge in [0.25, 0.3) is 5.91 Å². The second kappa shape index (κ2) is 7.22. The molecular weight excluding hydrogens is 330 g/mol. The van der Waals surface area contributed by atoms with Crippen molar-refractivity contribution in [3.8, 4) is 17.1 Å². The first kappa shape index (κ1) is 16.7. The zero-order chi connectivity index (χ0) is 17.9. The number of nitrogens with zero attached hydrogens (tertiary/aromatic N) is 1. The van der Waals surface area contributed by atoms with Crippen molar-refractivity contribution in [1.82, 2.24) is 4.90 Å². The fourth-order valence-corrected chi connectivity index (χ4v) is 3.26. The zero-order valence-corrected chi connectivity index (χ0v) is 14.7. The normalized spacial score (nSPS) is 14.6. The van der Waals surface area contributed by atoms with Crippen molar-refractivity contribution in [1.29, 1.82) is 0 Å². The molecule has 0 saturated carbocycles. The minimum Gasteiger partial charge on any atom is -0.494 e. The molecule has 0 aliphatic carbocycles. The molecule has 1 aliphatic heterocycles. The summed E-state index contributed by atoms with van der Waals surface area (Å²) < 4.78 is 17.1. The van der Waals surface area contributed by atoms with Crippen LogP contribution in [0.3, 0.4) is 0 Å². The van der Waals surface area contributed by atoms with Crippen LogP contribution in [-0.2, 0) is 4.74 Å². The number of ether oxygens (including phenoxy) is 2. The van der Waals surface area contributed by atoms with Gasteiger partial charge in [-0.1, -0.05) is 30.3 Å². The lowest BCUT2D eigenvalue weighted by molar-refractivity contribution is 0.0304. The van der Waals surface area contributed by atoms with Crippen LogP contribution in [0.15, 0.2) is 52.9 Å². The van der Waals surface area contributed by atoms with Gasteiger partial charge in [-0.25, -0.2) is 0 Å². The van der Waals surface area contributed by atoms with Gasteiger partial charge < -0.3 is 18.8 Å². The van der Waals surface area contributed by atoms with E-state index in [-0.39, 0.29) is 5.91 Å². The predicted molar refractivity (Wildman–Crippen MR) is 99.5 cm³/mol. The van der Waals surface area contributed by atoms with Crippen LogP contribution in [0.1, 0.15) is 17.3 Å². The van der Waals surface area contributed by atoms with Gasteiger partial charge in [0.1, 0.15) is 17.1 Å². The highest BCUT2D eigenvalue weighted by Gasteiger charge is 2.27. The molecule has 2 heterocycles. The molecule has 1 aromatic heterocycles. The van der Waals surface area contributed by atoms with Crippen LogP contribution in [-0.4, -0.2) is 43.7 Å². The van der Waals surface area contributed by atoms with Gasteiger partial charge in [0.2, 0.25) is 0 Å². The van der Waals surface area contributed by atoms with Crippen molar-refractivity contribution < 1.29 is 18.7 Å². The van der Waals surface area contributed by atoms with Crippen LogP contribution in [0.2, 0.25) is 0 Å². The highest BCUT2D eigenvalue weighted by Crippen LogP contribution is 2.36. The number of amides is 1. The van der Waals surface area contributed by atoms with Crippen molar-refractivity contribution in [3.63, 3.8) is 0 Å². The second-order valence-corrected chi connectivity index (χ2v) is 6.17. The molecule has 1 amide bonds. The molecule has 0 spiro atoms. The number of carbonyl (C=O) groups excluding carboxylic acids is 1. The molecule has 0 unspecified atom stereocenters. The summed E-state index contributed by atoms with van der Waals surface area (Å²) in [6.45, 7) is 4.81. The van der Waals surface area contributed by atoms with Crippen LogP contribution < -0.4 is 4.74 Å². The molecule has 5 nitrogen and oxygen atoms in total. The van der Waals surface area contributed by atoms with Crippen LogP contribution in [0, 0.1) is 0 Å². The van der Waals surface area contributed by atoms with Crippen molar-refractivity contribution >= 4 is 16.9 Å². The molecule has 0 radical (unpaired) electrons. The maximum absolute atomic E-state index is 13.3. The van der Waals surface area contributed by atoms with Gasteiger partial charge in [-0.05, 0) is 25.1 Å². The first-order valence-corrected chi connectivity index (χ1v) is 8.89. The third-order valence-electron chi connectivity index (χ3n) is 4.52. The Balaban J connectivity index is 1.87. The molecule has 5 heteroatoms. The Hall–Kier alpha value is -2.79. The smallest absolute Gasteiger partial charge is 0.258 e. The Labute approximate surface area is 152 Å². The number of morpholine rings is 1. The maximum atomic E-state index is 13.3. The van der Waals surface area contributed by atoms with Gasteiger partial charge in [0.05, 0.1) is 25.4 Å². The predicted octanol–water partition coefficient (Wildman–Crippen LogP) is 3.97. The molecule has 0 bridgehead atoms. The highest BCUT2D eigenvalue weighted by atomic mass is 16.5. The number of benzene rings is 2. The number of hydrogen-bond acceptors (Lipinski definition) is 4. The minimum absolute atomic E-state index is 0.0282. The molecule has 0 N–H and O–H groups in total. The largest absolute Gasteiger partial charge is 0.494 e. The molecule has 0 atom stereocenters. The topological polar surface area (TPSA) is 51.9 Å². The van der Waals surface area contributed by atoms with Gasteiger partial charge in [0, 0.05) is 24.0 Å². The molecule has 1 saturated heterocycles. The standard InChI is InChI=1S/C21H21NO4/c1-2-25-16-8-9-18-17(14-16)19(21(23)22-10-12-24-13-11-22)20(26-18)15-6-4-3-5-7-15/h3-9,14H,2,10-13H2,1H3. The fraction of sp³-hybridized carbons (Fsp3) is 0.286. The summed E-state index contributed by atoms with van der Waals surface area (Å²) in [4.78, 5) is 15.1. The monoisotopic (exact) mass is 351 g/mol. The third kappa shape index (κ3) is 3.06. The van der Waals surface area contributed by atoms with E-state index in [0.717, 1.165) is 16.7 Å². The number of rotatable bonds is 4. The molecule has 3 aromatic rings. The number of fused-ring (bicyclic) bond motifs is 1. The van der Waals surface area contributed by atoms with Crippen molar-refractivity contribution in [2.75, 3.05) is 32.9 Å². The van der Waals surface area contributed by atoms with E-state index in [1.807, 2.05) is 60.4 Å². The summed E-state index contributed by atoms with van der Waals surface area (Å²) in [6, 6.07) is 15.4. The van der Waals surface area contributed by atoms with Gasteiger partial charge in [0.15, 0.2) is 0 Å². The quantitative estimate of drug-likeness (QED) is 0.714. The minimum atomic E-state index is -0.0282. The van der Waals surface area contributed by atoms with Crippen LogP contribution in [0.25, 0.3) is 22.3 Å². The summed E-state index contributed by atoms with van der Waals surface area (Å²) in [5.74, 6) is 1.31. The van der Waals surface area contributed by atoms with E-state index in [0.29, 0.717) is 49.8 Å². The average Bonchev–Trinajstić information content (AvgIpc) is 3.08. The molecule has 1 aliphatic rings. The number of hydrogen-bond donors (Lipinski definition) is 0. The summed E-state index contributed by atoms with van der Waals surface area (Å²) in [5.41, 5.74) is 2.16. The van der Waals surface area contributed by atoms with Gasteiger partial charge in [-0.15, -0.1) is 0 Å². The van der Waals surface area contributed by atoms with E-state index in [4.69, 9.17) is 13.9 Å². The summed E-state index contributed by atoms with van der Waals surface area (Å²) in [5, 5.41) is 0.784. The van der Waals surface area contributed by atoms with E-state index >= 15 is 0 Å². The van der Waals surface area contributed by atoms with E-state index in [1.165, 1.54) is 0 Å². The first-order chi connectivity index (χ1) is 12.8. The Kier molecular flexibility index (Phi) is 4.63. The maximum Gasteiger partial charge on any atom is 0.258 e. The Morgan fingerprint density at radius 1 is 1.12 bits per heavy atom. The van der Waals surface area contributed by atoms with Crippen molar-refractivity contribution in [2.24, 2.45) is 0 Å². The van der Waals surface area contributed by atoms with E-state index in [2.05, 4.69) is 0 Å². The van der Waals surface area contributed by atoms with Crippen molar-refractivity contribution in [3.05, 3.63) is 54.1 Å². The molecular formula is C21H21NO4. The lowest BCUT2D eigenvalue weighted by atomic mass is 10.0. The Bertz CT molecular complexity index is 910. The summed E-state index contributed by atoms with van der Waals surface area (Å²) in [7, 11) is 0. The molecule has 2 aromatic carbocycles. The molecule has 1 fully saturated rings. The Morgan fingerprint density at radius 2 is 1.88 bits per heavy atom. The van der Waals surface area contributed by atoms with E-state index in [1.54, 1.807) is 0 Å². The second-order valence-electron chi connectivity index (χ2n) is 6.17. The molecule has 134 valence electrons.